The summed E-state index contributed by atoms with van der Waals surface area (Å²) in [6, 6.07) is 11.9. The first-order valence-electron chi connectivity index (χ1n) is 11.1. The highest BCUT2D eigenvalue weighted by molar-refractivity contribution is 14.0. The van der Waals surface area contributed by atoms with Crippen molar-refractivity contribution >= 4 is 41.5 Å². The molecule has 0 saturated heterocycles. The minimum absolute atomic E-state index is 0. The summed E-state index contributed by atoms with van der Waals surface area (Å²) in [7, 11) is 1.58. The molecule has 0 radical (unpaired) electrons. The first-order chi connectivity index (χ1) is 15.4. The summed E-state index contributed by atoms with van der Waals surface area (Å²) < 4.78 is 11.4. The van der Waals surface area contributed by atoms with E-state index in [1.54, 1.807) is 7.11 Å². The van der Waals surface area contributed by atoms with E-state index in [1.165, 1.54) is 12.5 Å². The zero-order valence-corrected chi connectivity index (χ0v) is 22.8. The second-order valence-corrected chi connectivity index (χ2v) is 7.71. The van der Waals surface area contributed by atoms with Gasteiger partial charge < -0.3 is 25.4 Å². The Morgan fingerprint density at radius 1 is 1.09 bits per heavy atom. The number of rotatable bonds is 10. The number of nitrogens with one attached hydrogen (secondary N) is 3. The number of carbonyl (C=O) groups is 1. The van der Waals surface area contributed by atoms with Crippen molar-refractivity contribution in [2.24, 2.45) is 4.99 Å². The second-order valence-electron chi connectivity index (χ2n) is 7.71. The summed E-state index contributed by atoms with van der Waals surface area (Å²) in [5.74, 6) is 2.08. The van der Waals surface area contributed by atoms with Crippen LogP contribution in [0.5, 0.6) is 11.5 Å². The van der Waals surface area contributed by atoms with Crippen molar-refractivity contribution in [1.29, 1.82) is 0 Å². The maximum absolute atomic E-state index is 11.5. The predicted molar refractivity (Wildman–Crippen MR) is 146 cm³/mol. The molecule has 2 aromatic carbocycles. The summed E-state index contributed by atoms with van der Waals surface area (Å²) in [4.78, 5) is 16.2. The molecule has 0 saturated carbocycles. The molecule has 1 amide bonds. The van der Waals surface area contributed by atoms with Crippen LogP contribution in [0.4, 0.5) is 5.69 Å². The van der Waals surface area contributed by atoms with Crippen LogP contribution in [0.3, 0.4) is 0 Å². The fourth-order valence-corrected chi connectivity index (χ4v) is 3.05. The average Bonchev–Trinajstić information content (AvgIpc) is 2.76. The summed E-state index contributed by atoms with van der Waals surface area (Å²) in [6.45, 7) is 11.6. The molecule has 1 unspecified atom stereocenters. The SMILES string of the molecule is CCNC(=NCc1ccc(OC)c(NC(C)=O)c1)NCc1ccc(C)cc1OC(C)CC.I. The third-order valence-electron chi connectivity index (χ3n) is 4.91. The Bertz CT molecular complexity index is 934. The third-order valence-corrected chi connectivity index (χ3v) is 4.91. The molecule has 182 valence electrons. The van der Waals surface area contributed by atoms with Crippen LogP contribution in [0.15, 0.2) is 41.4 Å². The molecule has 0 aliphatic heterocycles. The maximum Gasteiger partial charge on any atom is 0.221 e. The van der Waals surface area contributed by atoms with Gasteiger partial charge in [-0.15, -0.1) is 24.0 Å². The lowest BCUT2D eigenvalue weighted by Gasteiger charge is -2.18. The van der Waals surface area contributed by atoms with Crippen LogP contribution in [0.1, 0.15) is 50.8 Å². The van der Waals surface area contributed by atoms with Crippen LogP contribution in [0, 0.1) is 6.92 Å². The number of aryl methyl sites for hydroxylation is 1. The quantitative estimate of drug-likeness (QED) is 0.213. The van der Waals surface area contributed by atoms with E-state index in [1.807, 2.05) is 25.1 Å². The molecular formula is C25H37IN4O3. The number of guanidine groups is 1. The molecular weight excluding hydrogens is 531 g/mol. The molecule has 0 spiro atoms. The topological polar surface area (TPSA) is 84.0 Å². The molecule has 2 rings (SSSR count). The molecule has 0 bridgehead atoms. The fraction of sp³-hybridized carbons (Fsp3) is 0.440. The maximum atomic E-state index is 11.5. The molecule has 0 aromatic heterocycles. The predicted octanol–water partition coefficient (Wildman–Crippen LogP) is 5.01. The molecule has 0 aliphatic rings. The highest BCUT2D eigenvalue weighted by atomic mass is 127. The van der Waals surface area contributed by atoms with Crippen molar-refractivity contribution in [2.75, 3.05) is 19.0 Å². The van der Waals surface area contributed by atoms with Gasteiger partial charge in [-0.2, -0.15) is 0 Å². The molecule has 0 aliphatic carbocycles. The Balaban J connectivity index is 0.00000544. The molecule has 3 N–H and O–H groups in total. The Hall–Kier alpha value is -2.49. The van der Waals surface area contributed by atoms with Gasteiger partial charge in [0.1, 0.15) is 11.5 Å². The van der Waals surface area contributed by atoms with Gasteiger partial charge in [0.2, 0.25) is 5.91 Å². The van der Waals surface area contributed by atoms with Crippen LogP contribution in [0.2, 0.25) is 0 Å². The highest BCUT2D eigenvalue weighted by Crippen LogP contribution is 2.26. The van der Waals surface area contributed by atoms with Gasteiger partial charge in [-0.1, -0.05) is 25.1 Å². The molecule has 2 aromatic rings. The summed E-state index contributed by atoms with van der Waals surface area (Å²) >= 11 is 0. The first kappa shape index (κ1) is 28.5. The van der Waals surface area contributed by atoms with Crippen LogP contribution >= 0.6 is 24.0 Å². The summed E-state index contributed by atoms with van der Waals surface area (Å²) in [5.41, 5.74) is 3.85. The summed E-state index contributed by atoms with van der Waals surface area (Å²) in [5, 5.41) is 9.47. The number of hydrogen-bond donors (Lipinski definition) is 3. The number of carbonyl (C=O) groups excluding carboxylic acids is 1. The van der Waals surface area contributed by atoms with Crippen molar-refractivity contribution in [3.05, 3.63) is 53.1 Å². The van der Waals surface area contributed by atoms with E-state index in [2.05, 4.69) is 54.9 Å². The lowest BCUT2D eigenvalue weighted by molar-refractivity contribution is -0.114. The van der Waals surface area contributed by atoms with Gasteiger partial charge in [-0.25, -0.2) is 4.99 Å². The number of benzene rings is 2. The standard InChI is InChI=1S/C25H36N4O3.HI/c1-7-18(4)32-24-13-17(3)9-11-21(24)16-28-25(26-8-2)27-15-20-10-12-23(31-6)22(14-20)29-19(5)30;/h9-14,18H,7-8,15-16H2,1-6H3,(H,29,30)(H2,26,27,28);1H. The zero-order valence-electron chi connectivity index (χ0n) is 20.5. The zero-order chi connectivity index (χ0) is 23.5. The first-order valence-corrected chi connectivity index (χ1v) is 11.1. The fourth-order valence-electron chi connectivity index (χ4n) is 3.05. The largest absolute Gasteiger partial charge is 0.495 e. The normalized spacial score (nSPS) is 11.8. The Morgan fingerprint density at radius 2 is 1.85 bits per heavy atom. The van der Waals surface area contributed by atoms with E-state index in [9.17, 15) is 4.79 Å². The van der Waals surface area contributed by atoms with Crippen molar-refractivity contribution in [3.8, 4) is 11.5 Å². The van der Waals surface area contributed by atoms with Crippen LogP contribution in [-0.2, 0) is 17.9 Å². The molecule has 0 fully saturated rings. The minimum atomic E-state index is -0.146. The van der Waals surface area contributed by atoms with Crippen LogP contribution < -0.4 is 25.4 Å². The van der Waals surface area contributed by atoms with E-state index >= 15 is 0 Å². The van der Waals surface area contributed by atoms with E-state index in [-0.39, 0.29) is 36.0 Å². The average molecular weight is 569 g/mol. The van der Waals surface area contributed by atoms with E-state index < -0.39 is 0 Å². The van der Waals surface area contributed by atoms with Gasteiger partial charge in [0.25, 0.3) is 0 Å². The number of amides is 1. The summed E-state index contributed by atoms with van der Waals surface area (Å²) in [6.07, 6.45) is 1.11. The van der Waals surface area contributed by atoms with Gasteiger partial charge in [0, 0.05) is 25.6 Å². The monoisotopic (exact) mass is 568 g/mol. The Morgan fingerprint density at radius 3 is 2.48 bits per heavy atom. The van der Waals surface area contributed by atoms with Crippen molar-refractivity contribution in [3.63, 3.8) is 0 Å². The molecule has 7 nitrogen and oxygen atoms in total. The van der Waals surface area contributed by atoms with E-state index in [0.717, 1.165) is 29.8 Å². The van der Waals surface area contributed by atoms with E-state index in [4.69, 9.17) is 14.5 Å². The molecule has 0 heterocycles. The number of halogens is 1. The molecule has 8 heteroatoms. The minimum Gasteiger partial charge on any atom is -0.495 e. The number of hydrogen-bond acceptors (Lipinski definition) is 4. The van der Waals surface area contributed by atoms with Crippen molar-refractivity contribution in [2.45, 2.75) is 60.2 Å². The molecule has 33 heavy (non-hydrogen) atoms. The second kappa shape index (κ2) is 14.6. The number of aliphatic imine (C=N–C) groups is 1. The smallest absolute Gasteiger partial charge is 0.221 e. The lowest BCUT2D eigenvalue weighted by Crippen LogP contribution is -2.37. The third kappa shape index (κ3) is 9.49. The number of nitrogens with zero attached hydrogens (tertiary/aromatic N) is 1. The Kier molecular flexibility index (Phi) is 12.6. The van der Waals surface area contributed by atoms with E-state index in [0.29, 0.717) is 30.5 Å². The van der Waals surface area contributed by atoms with Gasteiger partial charge in [-0.05, 0) is 56.5 Å². The lowest BCUT2D eigenvalue weighted by atomic mass is 10.1. The highest BCUT2D eigenvalue weighted by Gasteiger charge is 2.10. The van der Waals surface area contributed by atoms with Crippen LogP contribution in [0.25, 0.3) is 0 Å². The van der Waals surface area contributed by atoms with Crippen molar-refractivity contribution < 1.29 is 14.3 Å². The number of ether oxygens (including phenoxy) is 2. The van der Waals surface area contributed by atoms with Gasteiger partial charge in [-0.3, -0.25) is 4.79 Å². The van der Waals surface area contributed by atoms with Gasteiger partial charge in [0.15, 0.2) is 5.96 Å². The Labute approximate surface area is 214 Å². The van der Waals surface area contributed by atoms with Gasteiger partial charge in [0.05, 0.1) is 25.4 Å². The van der Waals surface area contributed by atoms with Crippen LogP contribution in [-0.4, -0.2) is 31.6 Å². The molecule has 1 atom stereocenters. The number of anilines is 1. The number of methoxy groups -OCH3 is 1. The van der Waals surface area contributed by atoms with Crippen molar-refractivity contribution in [1.82, 2.24) is 10.6 Å². The van der Waals surface area contributed by atoms with Gasteiger partial charge >= 0.3 is 0 Å².